The molecule has 1 aromatic carbocycles. The van der Waals surface area contributed by atoms with E-state index in [0.717, 1.165) is 5.56 Å². The number of hydrogen-bond donors (Lipinski definition) is 1. The lowest BCUT2D eigenvalue weighted by atomic mass is 10.1. The van der Waals surface area contributed by atoms with Gasteiger partial charge in [0.2, 0.25) is 0 Å². The largest absolute Gasteiger partial charge is 0.481 e. The molecule has 0 fully saturated rings. The highest BCUT2D eigenvalue weighted by Crippen LogP contribution is 2.10. The Labute approximate surface area is 87.9 Å². The summed E-state index contributed by atoms with van der Waals surface area (Å²) in [6.45, 7) is 0. The van der Waals surface area contributed by atoms with E-state index < -0.39 is 5.97 Å². The van der Waals surface area contributed by atoms with Crippen molar-refractivity contribution in [2.24, 2.45) is 0 Å². The predicted molar refractivity (Wildman–Crippen MR) is 54.7 cm³/mol. The fourth-order valence-corrected chi connectivity index (χ4v) is 1.03. The summed E-state index contributed by atoms with van der Waals surface area (Å²) in [5, 5.41) is 9.08. The number of rotatable bonds is 3. The average molecular weight is 221 g/mol. The van der Waals surface area contributed by atoms with Gasteiger partial charge in [-0.05, 0) is 24.1 Å². The van der Waals surface area contributed by atoms with E-state index in [0.29, 0.717) is 11.4 Å². The summed E-state index contributed by atoms with van der Waals surface area (Å²) < 4.78 is 0. The fraction of sp³-hybridized carbons (Fsp3) is 0.222. The van der Waals surface area contributed by atoms with Crippen LogP contribution in [0.2, 0.25) is 5.02 Å². The molecule has 0 aliphatic carbocycles. The Morgan fingerprint density at radius 3 is 2.31 bits per heavy atom. The maximum Gasteiger partial charge on any atom is 0.303 e. The number of aryl methyl sites for hydroxylation is 1. The molecule has 0 heterocycles. The van der Waals surface area contributed by atoms with Crippen molar-refractivity contribution in [3.05, 3.63) is 34.9 Å². The molecule has 0 amide bonds. The third kappa shape index (κ3) is 4.76. The summed E-state index contributed by atoms with van der Waals surface area (Å²) in [6, 6.07) is 7.20. The molecule has 0 radical (unpaired) electrons. The zero-order chi connectivity index (χ0) is 8.97. The molecule has 0 aliphatic heterocycles. The average Bonchev–Trinajstić information content (AvgIpc) is 2.03. The van der Waals surface area contributed by atoms with E-state index in [-0.39, 0.29) is 18.8 Å². The molecular formula is C9H10Cl2O2. The number of carboxylic acids is 1. The zero-order valence-electron chi connectivity index (χ0n) is 6.87. The molecule has 13 heavy (non-hydrogen) atoms. The Hall–Kier alpha value is -0.730. The lowest BCUT2D eigenvalue weighted by molar-refractivity contribution is -0.136. The first-order valence-electron chi connectivity index (χ1n) is 3.65. The molecule has 72 valence electrons. The Balaban J connectivity index is 0.00000144. The minimum absolute atomic E-state index is 0. The van der Waals surface area contributed by atoms with Gasteiger partial charge in [0.25, 0.3) is 0 Å². The molecule has 0 aliphatic rings. The van der Waals surface area contributed by atoms with Gasteiger partial charge in [0, 0.05) is 11.4 Å². The van der Waals surface area contributed by atoms with Crippen LogP contribution >= 0.6 is 24.0 Å². The van der Waals surface area contributed by atoms with E-state index in [4.69, 9.17) is 16.7 Å². The molecule has 0 aromatic heterocycles. The van der Waals surface area contributed by atoms with Gasteiger partial charge in [-0.25, -0.2) is 0 Å². The molecule has 4 heteroatoms. The molecule has 0 atom stereocenters. The van der Waals surface area contributed by atoms with Gasteiger partial charge in [-0.3, -0.25) is 4.79 Å². The first kappa shape index (κ1) is 12.3. The fourth-order valence-electron chi connectivity index (χ4n) is 0.902. The third-order valence-corrected chi connectivity index (χ3v) is 1.79. The molecule has 0 spiro atoms. The quantitative estimate of drug-likeness (QED) is 0.851. The van der Waals surface area contributed by atoms with Crippen molar-refractivity contribution in [2.45, 2.75) is 12.8 Å². The number of carboxylic acid groups (broad SMARTS) is 1. The highest BCUT2D eigenvalue weighted by Gasteiger charge is 1.98. The summed E-state index contributed by atoms with van der Waals surface area (Å²) in [6.07, 6.45) is 0.730. The van der Waals surface area contributed by atoms with Crippen LogP contribution in [0.15, 0.2) is 24.3 Å². The lowest BCUT2D eigenvalue weighted by Gasteiger charge is -1.97. The Morgan fingerprint density at radius 2 is 1.85 bits per heavy atom. The Bertz CT molecular complexity index is 269. The highest BCUT2D eigenvalue weighted by atomic mass is 35.5. The van der Waals surface area contributed by atoms with Crippen molar-refractivity contribution < 1.29 is 9.90 Å². The van der Waals surface area contributed by atoms with Crippen molar-refractivity contribution >= 4 is 30.0 Å². The number of carbonyl (C=O) groups is 1. The lowest BCUT2D eigenvalue weighted by Crippen LogP contribution is -1.96. The van der Waals surface area contributed by atoms with Gasteiger partial charge in [-0.1, -0.05) is 23.7 Å². The van der Waals surface area contributed by atoms with Crippen LogP contribution in [0.25, 0.3) is 0 Å². The van der Waals surface area contributed by atoms with Crippen LogP contribution in [0.1, 0.15) is 12.0 Å². The smallest absolute Gasteiger partial charge is 0.303 e. The number of halogens is 2. The van der Waals surface area contributed by atoms with Gasteiger partial charge in [0.1, 0.15) is 0 Å². The van der Waals surface area contributed by atoms with E-state index in [9.17, 15) is 4.79 Å². The molecule has 1 rings (SSSR count). The van der Waals surface area contributed by atoms with Crippen molar-refractivity contribution in [3.8, 4) is 0 Å². The first-order valence-corrected chi connectivity index (χ1v) is 4.02. The minimum Gasteiger partial charge on any atom is -0.481 e. The molecule has 0 bridgehead atoms. The van der Waals surface area contributed by atoms with E-state index in [1.165, 1.54) is 0 Å². The van der Waals surface area contributed by atoms with Gasteiger partial charge < -0.3 is 5.11 Å². The van der Waals surface area contributed by atoms with Gasteiger partial charge in [-0.2, -0.15) is 0 Å². The number of benzene rings is 1. The van der Waals surface area contributed by atoms with E-state index in [2.05, 4.69) is 0 Å². The zero-order valence-corrected chi connectivity index (χ0v) is 8.44. The second-order valence-corrected chi connectivity index (χ2v) is 2.96. The van der Waals surface area contributed by atoms with Gasteiger partial charge in [-0.15, -0.1) is 12.4 Å². The normalized spacial score (nSPS) is 9.00. The van der Waals surface area contributed by atoms with Crippen LogP contribution in [-0.4, -0.2) is 11.1 Å². The second-order valence-electron chi connectivity index (χ2n) is 2.52. The molecule has 0 saturated carbocycles. The number of aliphatic carboxylic acids is 1. The standard InChI is InChI=1S/C9H9ClO2.ClH/c10-8-4-1-7(2-5-8)3-6-9(11)12;/h1-2,4-5H,3,6H2,(H,11,12);1H. The van der Waals surface area contributed by atoms with Crippen LogP contribution in [-0.2, 0) is 11.2 Å². The van der Waals surface area contributed by atoms with E-state index in [1.54, 1.807) is 12.1 Å². The summed E-state index contributed by atoms with van der Waals surface area (Å²) in [4.78, 5) is 10.2. The van der Waals surface area contributed by atoms with Crippen molar-refractivity contribution in [2.75, 3.05) is 0 Å². The molecular weight excluding hydrogens is 211 g/mol. The number of hydrogen-bond acceptors (Lipinski definition) is 1. The summed E-state index contributed by atoms with van der Waals surface area (Å²) in [5.41, 5.74) is 1.00. The van der Waals surface area contributed by atoms with Crippen LogP contribution < -0.4 is 0 Å². The summed E-state index contributed by atoms with van der Waals surface area (Å²) in [7, 11) is 0. The second kappa shape index (κ2) is 5.84. The summed E-state index contributed by atoms with van der Waals surface area (Å²) in [5.74, 6) is -0.773. The monoisotopic (exact) mass is 220 g/mol. The molecule has 0 unspecified atom stereocenters. The van der Waals surface area contributed by atoms with Gasteiger partial charge in [0.15, 0.2) is 0 Å². The third-order valence-electron chi connectivity index (χ3n) is 1.54. The molecule has 0 saturated heterocycles. The summed E-state index contributed by atoms with van der Waals surface area (Å²) >= 11 is 5.66. The Kier molecular flexibility index (Phi) is 5.51. The molecule has 1 aromatic rings. The van der Waals surface area contributed by atoms with E-state index in [1.807, 2.05) is 12.1 Å². The predicted octanol–water partition coefficient (Wildman–Crippen LogP) is 2.78. The SMILES string of the molecule is Cl.O=C(O)CCc1ccc(Cl)cc1. The van der Waals surface area contributed by atoms with Crippen LogP contribution in [0, 0.1) is 0 Å². The van der Waals surface area contributed by atoms with Crippen molar-refractivity contribution in [1.82, 2.24) is 0 Å². The maximum atomic E-state index is 10.2. The van der Waals surface area contributed by atoms with E-state index >= 15 is 0 Å². The maximum absolute atomic E-state index is 10.2. The topological polar surface area (TPSA) is 37.3 Å². The molecule has 1 N–H and O–H groups in total. The first-order chi connectivity index (χ1) is 5.68. The highest BCUT2D eigenvalue weighted by molar-refractivity contribution is 6.30. The van der Waals surface area contributed by atoms with Crippen LogP contribution in [0.3, 0.4) is 0 Å². The van der Waals surface area contributed by atoms with Crippen LogP contribution in [0.4, 0.5) is 0 Å². The minimum atomic E-state index is -0.773. The van der Waals surface area contributed by atoms with Crippen molar-refractivity contribution in [1.29, 1.82) is 0 Å². The molecule has 2 nitrogen and oxygen atoms in total. The Morgan fingerprint density at radius 1 is 1.31 bits per heavy atom. The van der Waals surface area contributed by atoms with Gasteiger partial charge in [0.05, 0.1) is 0 Å². The van der Waals surface area contributed by atoms with Gasteiger partial charge >= 0.3 is 5.97 Å². The van der Waals surface area contributed by atoms with Crippen molar-refractivity contribution in [3.63, 3.8) is 0 Å². The van der Waals surface area contributed by atoms with Crippen LogP contribution in [0.5, 0.6) is 0 Å².